The SMILES string of the molecule is NC(=O)c1ccc(Sc2ncc(-c3ccccc3)n2C2CC2)c([N+](=O)[O-])c1. The van der Waals surface area contributed by atoms with Crippen molar-refractivity contribution in [2.24, 2.45) is 5.73 Å². The number of nitrogens with two attached hydrogens (primary N) is 1. The van der Waals surface area contributed by atoms with Crippen molar-refractivity contribution >= 4 is 23.4 Å². The molecule has 4 rings (SSSR count). The van der Waals surface area contributed by atoms with E-state index >= 15 is 0 Å². The summed E-state index contributed by atoms with van der Waals surface area (Å²) in [6, 6.07) is 14.6. The molecule has 1 fully saturated rings. The van der Waals surface area contributed by atoms with Crippen LogP contribution in [0.3, 0.4) is 0 Å². The monoisotopic (exact) mass is 380 g/mol. The summed E-state index contributed by atoms with van der Waals surface area (Å²) in [4.78, 5) is 27.2. The molecule has 2 aromatic carbocycles. The third-order valence-corrected chi connectivity index (χ3v) is 5.44. The lowest BCUT2D eigenvalue weighted by molar-refractivity contribution is -0.387. The molecule has 1 aliphatic carbocycles. The molecule has 27 heavy (non-hydrogen) atoms. The Hall–Kier alpha value is -3.13. The summed E-state index contributed by atoms with van der Waals surface area (Å²) in [6.45, 7) is 0. The van der Waals surface area contributed by atoms with Crippen molar-refractivity contribution in [2.45, 2.75) is 28.9 Å². The number of carbonyl (C=O) groups is 1. The number of nitro groups is 1. The van der Waals surface area contributed by atoms with E-state index in [1.165, 1.54) is 23.9 Å². The van der Waals surface area contributed by atoms with Crippen LogP contribution >= 0.6 is 11.8 Å². The maximum atomic E-state index is 11.5. The molecule has 0 bridgehead atoms. The van der Waals surface area contributed by atoms with Gasteiger partial charge in [-0.15, -0.1) is 0 Å². The number of hydrogen-bond acceptors (Lipinski definition) is 5. The first-order valence-electron chi connectivity index (χ1n) is 8.43. The van der Waals surface area contributed by atoms with E-state index in [9.17, 15) is 14.9 Å². The second kappa shape index (κ2) is 6.88. The standard InChI is InChI=1S/C19H16N4O3S/c20-18(24)13-6-9-17(15(10-13)23(25)26)27-19-21-11-16(22(19)14-7-8-14)12-4-2-1-3-5-12/h1-6,9-11,14H,7-8H2,(H2,20,24). The lowest BCUT2D eigenvalue weighted by Gasteiger charge is -2.11. The smallest absolute Gasteiger partial charge is 0.284 e. The molecule has 0 aliphatic heterocycles. The van der Waals surface area contributed by atoms with Gasteiger partial charge in [-0.25, -0.2) is 4.98 Å². The number of primary amides is 1. The van der Waals surface area contributed by atoms with Crippen molar-refractivity contribution in [1.29, 1.82) is 0 Å². The van der Waals surface area contributed by atoms with Crippen molar-refractivity contribution in [2.75, 3.05) is 0 Å². The summed E-state index contributed by atoms with van der Waals surface area (Å²) in [6.07, 6.45) is 3.93. The molecule has 1 saturated carbocycles. The van der Waals surface area contributed by atoms with Gasteiger partial charge in [0.15, 0.2) is 5.16 Å². The fraction of sp³-hybridized carbons (Fsp3) is 0.158. The molecule has 0 radical (unpaired) electrons. The molecule has 7 nitrogen and oxygen atoms in total. The first-order valence-corrected chi connectivity index (χ1v) is 9.25. The topological polar surface area (TPSA) is 104 Å². The molecule has 0 unspecified atom stereocenters. The first kappa shape index (κ1) is 17.3. The average molecular weight is 380 g/mol. The van der Waals surface area contributed by atoms with E-state index in [-0.39, 0.29) is 11.3 Å². The Balaban J connectivity index is 1.75. The van der Waals surface area contributed by atoms with E-state index in [1.54, 1.807) is 12.3 Å². The zero-order chi connectivity index (χ0) is 19.0. The fourth-order valence-corrected chi connectivity index (χ4v) is 3.95. The van der Waals surface area contributed by atoms with E-state index in [0.29, 0.717) is 16.1 Å². The Morgan fingerprint density at radius 2 is 1.96 bits per heavy atom. The van der Waals surface area contributed by atoms with Gasteiger partial charge in [0, 0.05) is 17.7 Å². The van der Waals surface area contributed by atoms with Gasteiger partial charge in [-0.2, -0.15) is 0 Å². The average Bonchev–Trinajstić information content (AvgIpc) is 3.42. The van der Waals surface area contributed by atoms with E-state index in [4.69, 9.17) is 5.73 Å². The molecule has 1 amide bonds. The maximum absolute atomic E-state index is 11.5. The summed E-state index contributed by atoms with van der Waals surface area (Å²) >= 11 is 1.23. The predicted molar refractivity (Wildman–Crippen MR) is 102 cm³/mol. The zero-order valence-electron chi connectivity index (χ0n) is 14.2. The third kappa shape index (κ3) is 3.43. The van der Waals surface area contributed by atoms with Gasteiger partial charge in [-0.1, -0.05) is 30.3 Å². The molecule has 1 aliphatic rings. The number of nitrogens with zero attached hydrogens (tertiary/aromatic N) is 3. The molecule has 1 heterocycles. The molecule has 8 heteroatoms. The lowest BCUT2D eigenvalue weighted by atomic mass is 10.2. The van der Waals surface area contributed by atoms with Crippen LogP contribution in [0.2, 0.25) is 0 Å². The van der Waals surface area contributed by atoms with Crippen molar-refractivity contribution < 1.29 is 9.72 Å². The number of carbonyl (C=O) groups excluding carboxylic acids is 1. The third-order valence-electron chi connectivity index (χ3n) is 4.39. The van der Waals surface area contributed by atoms with Crippen LogP contribution in [0.25, 0.3) is 11.3 Å². The van der Waals surface area contributed by atoms with Crippen LogP contribution in [0.5, 0.6) is 0 Å². The first-order chi connectivity index (χ1) is 13.0. The zero-order valence-corrected chi connectivity index (χ0v) is 15.1. The summed E-state index contributed by atoms with van der Waals surface area (Å²) in [7, 11) is 0. The maximum Gasteiger partial charge on any atom is 0.284 e. The number of hydrogen-bond donors (Lipinski definition) is 1. The second-order valence-corrected chi connectivity index (χ2v) is 7.31. The van der Waals surface area contributed by atoms with Crippen LogP contribution in [-0.4, -0.2) is 20.4 Å². The van der Waals surface area contributed by atoms with E-state index < -0.39 is 10.8 Å². The molecule has 0 saturated heterocycles. The van der Waals surface area contributed by atoms with Crippen molar-refractivity contribution in [3.63, 3.8) is 0 Å². The highest BCUT2D eigenvalue weighted by molar-refractivity contribution is 7.99. The minimum Gasteiger partial charge on any atom is -0.366 e. The fourth-order valence-electron chi connectivity index (χ4n) is 2.93. The minimum atomic E-state index is -0.694. The van der Waals surface area contributed by atoms with Crippen LogP contribution < -0.4 is 5.73 Å². The Kier molecular flexibility index (Phi) is 4.41. The van der Waals surface area contributed by atoms with Crippen LogP contribution in [0.1, 0.15) is 29.2 Å². The van der Waals surface area contributed by atoms with E-state index in [0.717, 1.165) is 24.1 Å². The summed E-state index contributed by atoms with van der Waals surface area (Å²) in [5.74, 6) is -0.694. The number of rotatable bonds is 6. The summed E-state index contributed by atoms with van der Waals surface area (Å²) in [5, 5.41) is 12.2. The quantitative estimate of drug-likeness (QED) is 0.513. The highest BCUT2D eigenvalue weighted by atomic mass is 32.2. The second-order valence-electron chi connectivity index (χ2n) is 6.30. The van der Waals surface area contributed by atoms with Crippen molar-refractivity contribution in [3.05, 3.63) is 70.4 Å². The highest BCUT2D eigenvalue weighted by Crippen LogP contribution is 2.44. The van der Waals surface area contributed by atoms with Gasteiger partial charge in [-0.3, -0.25) is 14.9 Å². The van der Waals surface area contributed by atoms with Crippen LogP contribution in [0.15, 0.2) is 64.8 Å². The Bertz CT molecular complexity index is 1030. The largest absolute Gasteiger partial charge is 0.366 e. The van der Waals surface area contributed by atoms with Gasteiger partial charge < -0.3 is 10.3 Å². The highest BCUT2D eigenvalue weighted by Gasteiger charge is 2.30. The molecule has 3 aromatic rings. The van der Waals surface area contributed by atoms with Gasteiger partial charge in [0.05, 0.1) is 21.7 Å². The molecular formula is C19H16N4O3S. The molecule has 1 aromatic heterocycles. The van der Waals surface area contributed by atoms with Crippen molar-refractivity contribution in [1.82, 2.24) is 9.55 Å². The lowest BCUT2D eigenvalue weighted by Crippen LogP contribution is -2.11. The number of amides is 1. The predicted octanol–water partition coefficient (Wildman–Crippen LogP) is 4.04. The number of aromatic nitrogens is 2. The van der Waals surface area contributed by atoms with Gasteiger partial charge in [-0.05, 0) is 42.3 Å². The molecule has 2 N–H and O–H groups in total. The molecule has 0 spiro atoms. The summed E-state index contributed by atoms with van der Waals surface area (Å²) in [5.41, 5.74) is 7.26. The van der Waals surface area contributed by atoms with Gasteiger partial charge in [0.2, 0.25) is 5.91 Å². The van der Waals surface area contributed by atoms with Crippen LogP contribution in [-0.2, 0) is 0 Å². The Morgan fingerprint density at radius 3 is 2.59 bits per heavy atom. The number of benzene rings is 2. The van der Waals surface area contributed by atoms with Gasteiger partial charge in [0.1, 0.15) is 0 Å². The van der Waals surface area contributed by atoms with Crippen LogP contribution in [0, 0.1) is 10.1 Å². The van der Waals surface area contributed by atoms with Gasteiger partial charge >= 0.3 is 0 Å². The molecular weight excluding hydrogens is 364 g/mol. The van der Waals surface area contributed by atoms with Gasteiger partial charge in [0.25, 0.3) is 5.69 Å². The van der Waals surface area contributed by atoms with E-state index in [2.05, 4.69) is 9.55 Å². The summed E-state index contributed by atoms with van der Waals surface area (Å²) < 4.78 is 2.14. The van der Waals surface area contributed by atoms with E-state index in [1.807, 2.05) is 30.3 Å². The minimum absolute atomic E-state index is 0.113. The molecule has 136 valence electrons. The number of imidazole rings is 1. The Labute approximate surface area is 159 Å². The Morgan fingerprint density at radius 1 is 1.22 bits per heavy atom. The number of nitro benzene ring substituents is 1. The molecule has 0 atom stereocenters. The van der Waals surface area contributed by atoms with Crippen LogP contribution in [0.4, 0.5) is 5.69 Å². The van der Waals surface area contributed by atoms with Crippen molar-refractivity contribution in [3.8, 4) is 11.3 Å². The normalized spacial score (nSPS) is 13.5.